The Kier molecular flexibility index (Phi) is 9.56. The van der Waals surface area contributed by atoms with Crippen LogP contribution in [0.3, 0.4) is 0 Å². The molecule has 0 spiro atoms. The van der Waals surface area contributed by atoms with Gasteiger partial charge in [-0.15, -0.1) is 0 Å². The summed E-state index contributed by atoms with van der Waals surface area (Å²) in [6, 6.07) is 7.71. The van der Waals surface area contributed by atoms with E-state index >= 15 is 0 Å². The lowest BCUT2D eigenvalue weighted by Crippen LogP contribution is -2.39. The minimum atomic E-state index is -1.04. The number of amides is 2. The number of aromatic nitrogens is 4. The zero-order valence-corrected chi connectivity index (χ0v) is 24.1. The van der Waals surface area contributed by atoms with Gasteiger partial charge >= 0.3 is 5.97 Å². The van der Waals surface area contributed by atoms with Crippen LogP contribution in [0.1, 0.15) is 58.7 Å². The van der Waals surface area contributed by atoms with Gasteiger partial charge in [0.2, 0.25) is 0 Å². The molecule has 0 radical (unpaired) electrons. The molecule has 204 valence electrons. The molecule has 2 amide bonds. The van der Waals surface area contributed by atoms with Crippen molar-refractivity contribution < 1.29 is 19.1 Å². The van der Waals surface area contributed by atoms with E-state index in [0.717, 1.165) is 0 Å². The number of aryl methyl sites for hydroxylation is 4. The molecule has 0 fully saturated rings. The van der Waals surface area contributed by atoms with Crippen molar-refractivity contribution in [3.05, 3.63) is 73.2 Å². The molecule has 3 rings (SSSR count). The van der Waals surface area contributed by atoms with Crippen LogP contribution in [0, 0.1) is 11.3 Å². The number of esters is 1. The van der Waals surface area contributed by atoms with Crippen molar-refractivity contribution in [1.82, 2.24) is 24.5 Å². The summed E-state index contributed by atoms with van der Waals surface area (Å²) in [5, 5.41) is 19.1. The van der Waals surface area contributed by atoms with Gasteiger partial charge in [0.05, 0.1) is 33.7 Å². The Labute approximate surface area is 240 Å². The molecule has 0 atom stereocenters. The van der Waals surface area contributed by atoms with Crippen LogP contribution in [0.4, 0.5) is 0 Å². The van der Waals surface area contributed by atoms with Crippen molar-refractivity contribution in [2.45, 2.75) is 33.6 Å². The molecular weight excluding hydrogens is 567 g/mol. The van der Waals surface area contributed by atoms with Crippen molar-refractivity contribution in [3.8, 4) is 6.07 Å². The van der Waals surface area contributed by atoms with Gasteiger partial charge in [-0.2, -0.15) is 15.5 Å². The third-order valence-corrected chi connectivity index (χ3v) is 6.81. The quantitative estimate of drug-likeness (QED) is 0.156. The van der Waals surface area contributed by atoms with Crippen molar-refractivity contribution >= 4 is 58.3 Å². The van der Waals surface area contributed by atoms with Gasteiger partial charge in [-0.1, -0.05) is 60.8 Å². The summed E-state index contributed by atoms with van der Waals surface area (Å²) in [5.74, 6) is -2.93. The zero-order chi connectivity index (χ0) is 29.0. The van der Waals surface area contributed by atoms with Crippen molar-refractivity contribution in [2.75, 3.05) is 6.61 Å². The Bertz CT molecular complexity index is 1450. The standard InChI is InChI=1S/C26H25Cl3N6O4/c1-6-17-19(28)22(33(4)31-17)24(36)35(25(37)23-20(29)18(7-2)32-34(23)5)21(14-9-11-15(27)12-10-14)16(13-30)26(38)39-8-3/h9-12H,6-8H2,1-5H3/b21-16-. The number of ether oxygens (including phenoxy) is 1. The summed E-state index contributed by atoms with van der Waals surface area (Å²) >= 11 is 19.1. The normalized spacial score (nSPS) is 11.6. The number of nitrogens with zero attached hydrogens (tertiary/aromatic N) is 6. The molecule has 0 unspecified atom stereocenters. The van der Waals surface area contributed by atoms with Crippen LogP contribution in [0.5, 0.6) is 0 Å². The molecule has 0 N–H and O–H groups in total. The van der Waals surface area contributed by atoms with E-state index in [2.05, 4.69) is 10.2 Å². The SMILES string of the molecule is CCOC(=O)/C(C#N)=C(/c1ccc(Cl)cc1)N(C(=O)c1c(Cl)c(CC)nn1C)C(=O)c1c(Cl)c(CC)nn1C. The molecule has 2 aromatic heterocycles. The minimum absolute atomic E-state index is 0.0262. The van der Waals surface area contributed by atoms with Crippen LogP contribution in [0.25, 0.3) is 5.70 Å². The van der Waals surface area contributed by atoms with Gasteiger partial charge in [0.25, 0.3) is 11.8 Å². The zero-order valence-electron chi connectivity index (χ0n) is 21.9. The van der Waals surface area contributed by atoms with Crippen molar-refractivity contribution in [1.29, 1.82) is 5.26 Å². The number of carbonyl (C=O) groups excluding carboxylic acids is 3. The fourth-order valence-electron chi connectivity index (χ4n) is 3.92. The number of carbonyl (C=O) groups is 3. The lowest BCUT2D eigenvalue weighted by atomic mass is 10.0. The molecule has 0 aliphatic carbocycles. The third-order valence-electron chi connectivity index (χ3n) is 5.76. The summed E-state index contributed by atoms with van der Waals surface area (Å²) in [6.45, 7) is 5.12. The second-order valence-electron chi connectivity index (χ2n) is 8.18. The van der Waals surface area contributed by atoms with Crippen molar-refractivity contribution in [3.63, 3.8) is 0 Å². The highest BCUT2D eigenvalue weighted by atomic mass is 35.5. The topological polar surface area (TPSA) is 123 Å². The van der Waals surface area contributed by atoms with E-state index in [9.17, 15) is 19.6 Å². The minimum Gasteiger partial charge on any atom is -0.462 e. The number of benzene rings is 1. The van der Waals surface area contributed by atoms with Gasteiger partial charge in [-0.05, 0) is 31.9 Å². The molecule has 0 bridgehead atoms. The van der Waals surface area contributed by atoms with Crippen molar-refractivity contribution in [2.24, 2.45) is 14.1 Å². The van der Waals surface area contributed by atoms with E-state index in [-0.39, 0.29) is 39.3 Å². The summed E-state index contributed by atoms with van der Waals surface area (Å²) in [5.41, 5.74) is -0.202. The molecule has 3 aromatic rings. The molecule has 1 aromatic carbocycles. The number of halogens is 3. The molecule has 13 heteroatoms. The molecule has 0 saturated heterocycles. The Hall–Kier alpha value is -3.65. The average Bonchev–Trinajstić information content (AvgIpc) is 3.36. The predicted molar refractivity (Wildman–Crippen MR) is 146 cm³/mol. The second kappa shape index (κ2) is 12.5. The monoisotopic (exact) mass is 590 g/mol. The first-order valence-electron chi connectivity index (χ1n) is 11.9. The number of imide groups is 1. The van der Waals surface area contributed by atoms with Gasteiger partial charge in [0, 0.05) is 24.7 Å². The van der Waals surface area contributed by atoms with E-state index < -0.39 is 23.4 Å². The van der Waals surface area contributed by atoms with Crippen LogP contribution in [-0.2, 0) is 36.5 Å². The van der Waals surface area contributed by atoms with Gasteiger partial charge in [0.1, 0.15) is 17.5 Å². The largest absolute Gasteiger partial charge is 0.462 e. The number of nitriles is 1. The maximum Gasteiger partial charge on any atom is 0.351 e. The third kappa shape index (κ3) is 5.71. The van der Waals surface area contributed by atoms with E-state index in [4.69, 9.17) is 39.5 Å². The molecule has 39 heavy (non-hydrogen) atoms. The van der Waals surface area contributed by atoms with Crippen LogP contribution in [0.15, 0.2) is 29.8 Å². The first-order chi connectivity index (χ1) is 18.5. The van der Waals surface area contributed by atoms with E-state index in [1.807, 2.05) is 0 Å². The van der Waals surface area contributed by atoms with Gasteiger partial charge in [-0.3, -0.25) is 19.0 Å². The molecule has 0 aliphatic rings. The van der Waals surface area contributed by atoms with Crippen LogP contribution in [0.2, 0.25) is 15.1 Å². The molecular formula is C26H25Cl3N6O4. The fourth-order valence-corrected chi connectivity index (χ4v) is 4.80. The molecule has 10 nitrogen and oxygen atoms in total. The molecule has 0 saturated carbocycles. The van der Waals surface area contributed by atoms with Crippen LogP contribution >= 0.6 is 34.8 Å². The van der Waals surface area contributed by atoms with E-state index in [1.165, 1.54) is 47.7 Å². The Morgan fingerprint density at radius 1 is 0.897 bits per heavy atom. The van der Waals surface area contributed by atoms with E-state index in [0.29, 0.717) is 34.2 Å². The summed E-state index contributed by atoms with van der Waals surface area (Å²) < 4.78 is 7.57. The lowest BCUT2D eigenvalue weighted by molar-refractivity contribution is -0.137. The smallest absolute Gasteiger partial charge is 0.351 e. The van der Waals surface area contributed by atoms with Gasteiger partial charge < -0.3 is 4.74 Å². The second-order valence-corrected chi connectivity index (χ2v) is 9.37. The summed E-state index contributed by atoms with van der Waals surface area (Å²) in [4.78, 5) is 42.2. The van der Waals surface area contributed by atoms with Gasteiger partial charge in [-0.25, -0.2) is 9.69 Å². The Morgan fingerprint density at radius 3 is 1.72 bits per heavy atom. The molecule has 0 aliphatic heterocycles. The predicted octanol–water partition coefficient (Wildman–Crippen LogP) is 5.02. The number of hydrogen-bond donors (Lipinski definition) is 0. The van der Waals surface area contributed by atoms with Crippen LogP contribution in [-0.4, -0.2) is 48.9 Å². The maximum atomic E-state index is 14.3. The molecule has 2 heterocycles. The highest BCUT2D eigenvalue weighted by molar-refractivity contribution is 6.37. The summed E-state index contributed by atoms with van der Waals surface area (Å²) in [7, 11) is 2.99. The maximum absolute atomic E-state index is 14.3. The number of rotatable bonds is 8. The van der Waals surface area contributed by atoms with Gasteiger partial charge in [0.15, 0.2) is 5.57 Å². The Morgan fingerprint density at radius 2 is 1.36 bits per heavy atom. The summed E-state index contributed by atoms with van der Waals surface area (Å²) in [6.07, 6.45) is 0.820. The first-order valence-corrected chi connectivity index (χ1v) is 13.0. The highest BCUT2D eigenvalue weighted by Gasteiger charge is 2.38. The average molecular weight is 592 g/mol. The fraction of sp³-hybridized carbons (Fsp3) is 0.308. The highest BCUT2D eigenvalue weighted by Crippen LogP contribution is 2.33. The number of hydrogen-bond acceptors (Lipinski definition) is 7. The Balaban J connectivity index is 2.45. The van der Waals surface area contributed by atoms with Crippen LogP contribution < -0.4 is 0 Å². The van der Waals surface area contributed by atoms with E-state index in [1.54, 1.807) is 26.8 Å². The lowest BCUT2D eigenvalue weighted by Gasteiger charge is -2.25. The first kappa shape index (κ1) is 29.9.